The van der Waals surface area contributed by atoms with Crippen LogP contribution in [-0.2, 0) is 27.9 Å². The predicted octanol–water partition coefficient (Wildman–Crippen LogP) is 19.0. The molecule has 71 heavy (non-hydrogen) atoms. The lowest BCUT2D eigenvalue weighted by Crippen LogP contribution is -2.37. The lowest BCUT2D eigenvalue weighted by atomic mass is 10.0. The van der Waals surface area contributed by atoms with Gasteiger partial charge in [0.25, 0.3) is 0 Å². The Bertz CT molecular complexity index is 1370. The van der Waals surface area contributed by atoms with Crippen molar-refractivity contribution in [2.24, 2.45) is 0 Å². The van der Waals surface area contributed by atoms with E-state index in [1.165, 1.54) is 167 Å². The topological polar surface area (TPSA) is 91.3 Å². The van der Waals surface area contributed by atoms with E-state index in [1.54, 1.807) is 0 Å². The van der Waals surface area contributed by atoms with Gasteiger partial charge in [0.1, 0.15) is 19.3 Å². The van der Waals surface area contributed by atoms with Crippen LogP contribution < -0.4 is 0 Å². The number of carbonyl (C=O) groups excluding carboxylic acids is 1. The highest BCUT2D eigenvalue weighted by atomic mass is 31.2. The van der Waals surface area contributed by atoms with Gasteiger partial charge in [-0.2, -0.15) is 0 Å². The van der Waals surface area contributed by atoms with Gasteiger partial charge in [-0.25, -0.2) is 4.57 Å². The fourth-order valence-electron chi connectivity index (χ4n) is 8.22. The molecule has 0 aliphatic heterocycles. The molecule has 2 unspecified atom stereocenters. The van der Waals surface area contributed by atoms with Gasteiger partial charge in [0.05, 0.1) is 34.4 Å². The molecule has 0 fully saturated rings. The van der Waals surface area contributed by atoms with E-state index in [0.29, 0.717) is 24.1 Å². The van der Waals surface area contributed by atoms with Crippen LogP contribution in [0.15, 0.2) is 72.9 Å². The Kier molecular flexibility index (Phi) is 52.6. The molecule has 0 amide bonds. The van der Waals surface area contributed by atoms with E-state index in [2.05, 4.69) is 86.8 Å². The summed E-state index contributed by atoms with van der Waals surface area (Å²) in [5.74, 6) is -0.323. The van der Waals surface area contributed by atoms with Crippen molar-refractivity contribution < 1.29 is 37.3 Å². The Morgan fingerprint density at radius 3 is 1.24 bits per heavy atom. The van der Waals surface area contributed by atoms with Crippen molar-refractivity contribution in [1.82, 2.24) is 0 Å². The molecule has 0 aromatic heterocycles. The van der Waals surface area contributed by atoms with Crippen molar-refractivity contribution >= 4 is 13.8 Å². The maximum absolute atomic E-state index is 12.8. The minimum Gasteiger partial charge on any atom is -0.457 e. The van der Waals surface area contributed by atoms with Crippen molar-refractivity contribution in [3.63, 3.8) is 0 Å². The highest BCUT2D eigenvalue weighted by molar-refractivity contribution is 7.47. The molecular formula is C62H115NO7P+. The first-order valence-electron chi connectivity index (χ1n) is 29.7. The molecule has 0 bridgehead atoms. The summed E-state index contributed by atoms with van der Waals surface area (Å²) in [6.07, 6.45) is 72.6. The largest absolute Gasteiger partial charge is 0.472 e. The summed E-state index contributed by atoms with van der Waals surface area (Å²) in [5.41, 5.74) is 0. The number of rotatable bonds is 55. The van der Waals surface area contributed by atoms with Gasteiger partial charge in [-0.05, 0) is 83.5 Å². The average molecular weight is 1020 g/mol. The maximum Gasteiger partial charge on any atom is 0.472 e. The second-order valence-corrected chi connectivity index (χ2v) is 22.4. The molecule has 0 spiro atoms. The van der Waals surface area contributed by atoms with Gasteiger partial charge in [-0.15, -0.1) is 0 Å². The van der Waals surface area contributed by atoms with E-state index in [0.717, 1.165) is 70.6 Å². The van der Waals surface area contributed by atoms with Crippen LogP contribution in [0.2, 0.25) is 0 Å². The number of quaternary nitrogens is 1. The van der Waals surface area contributed by atoms with Crippen molar-refractivity contribution in [3.05, 3.63) is 72.9 Å². The lowest BCUT2D eigenvalue weighted by molar-refractivity contribution is -0.870. The van der Waals surface area contributed by atoms with Gasteiger partial charge in [0.15, 0.2) is 0 Å². The average Bonchev–Trinajstić information content (AvgIpc) is 3.33. The highest BCUT2D eigenvalue weighted by Gasteiger charge is 2.26. The SMILES string of the molecule is CC/C=C\C/C=C\C/C=C\C/C=C\C/C=C\CCCCCCCCCC(=O)OC(COCCCCCCCCCCCCCCCC/C=C\CCCCCCCCCC)COP(=O)(O)OCC[N+](C)(C)C. The summed E-state index contributed by atoms with van der Waals surface area (Å²) in [7, 11) is 1.66. The van der Waals surface area contributed by atoms with Gasteiger partial charge in [-0.1, -0.05) is 241 Å². The number of ether oxygens (including phenoxy) is 2. The zero-order chi connectivity index (χ0) is 51.9. The third-order valence-corrected chi connectivity index (χ3v) is 13.7. The van der Waals surface area contributed by atoms with Crippen LogP contribution in [0.25, 0.3) is 0 Å². The lowest BCUT2D eigenvalue weighted by Gasteiger charge is -2.24. The standard InChI is InChI=1S/C62H114NO7P/c1-6-8-10-12-14-16-18-20-22-24-26-28-30-31-32-34-36-38-40-42-44-46-48-50-52-54-57-67-59-61(60-69-71(65,66)68-58-56-63(3,4)5)70-62(64)55-53-51-49-47-45-43-41-39-37-35-33-29-27-25-23-21-19-17-15-13-11-9-7-2/h9,11,15,17,21,23-24,26-27,29,35,37,61H,6-8,10,12-14,16,18-20,22,25,28,30-34,36,38-60H2,1-5H3/p+1/b11-9-,17-15-,23-21-,26-24-,29-27-,37-35-. The summed E-state index contributed by atoms with van der Waals surface area (Å²) in [4.78, 5) is 23.1. The van der Waals surface area contributed by atoms with Crippen molar-refractivity contribution in [2.75, 3.05) is 54.1 Å². The number of nitrogens with zero attached hydrogens (tertiary/aromatic N) is 1. The molecular weight excluding hydrogens is 902 g/mol. The molecule has 0 radical (unpaired) electrons. The molecule has 2 atom stereocenters. The second-order valence-electron chi connectivity index (χ2n) is 21.0. The molecule has 8 nitrogen and oxygen atoms in total. The molecule has 0 saturated carbocycles. The maximum atomic E-state index is 12.8. The fourth-order valence-corrected chi connectivity index (χ4v) is 8.97. The van der Waals surface area contributed by atoms with Gasteiger partial charge in [0, 0.05) is 13.0 Å². The van der Waals surface area contributed by atoms with Crippen molar-refractivity contribution in [3.8, 4) is 0 Å². The highest BCUT2D eigenvalue weighted by Crippen LogP contribution is 2.43. The first-order chi connectivity index (χ1) is 34.6. The number of allylic oxidation sites excluding steroid dienone is 12. The summed E-state index contributed by atoms with van der Waals surface area (Å²) < 4.78 is 35.3. The normalized spacial score (nSPS) is 13.9. The van der Waals surface area contributed by atoms with Crippen molar-refractivity contribution in [2.45, 2.75) is 264 Å². The van der Waals surface area contributed by atoms with E-state index >= 15 is 0 Å². The minimum absolute atomic E-state index is 0.0839. The molecule has 1 N–H and O–H groups in total. The predicted molar refractivity (Wildman–Crippen MR) is 307 cm³/mol. The molecule has 0 heterocycles. The first-order valence-corrected chi connectivity index (χ1v) is 31.2. The van der Waals surface area contributed by atoms with E-state index in [9.17, 15) is 14.3 Å². The summed E-state index contributed by atoms with van der Waals surface area (Å²) in [6, 6.07) is 0. The number of hydrogen-bond acceptors (Lipinski definition) is 6. The zero-order valence-electron chi connectivity index (χ0n) is 47.2. The number of unbranched alkanes of at least 4 members (excludes halogenated alkanes) is 29. The molecule has 0 rings (SSSR count). The number of likely N-dealkylation sites (N-methyl/N-ethyl adjacent to an activating group) is 1. The molecule has 0 aromatic rings. The monoisotopic (exact) mass is 1020 g/mol. The quantitative estimate of drug-likeness (QED) is 0.0213. The van der Waals surface area contributed by atoms with Crippen LogP contribution in [0, 0.1) is 0 Å². The Morgan fingerprint density at radius 1 is 0.451 bits per heavy atom. The molecule has 414 valence electrons. The molecule has 0 aliphatic rings. The van der Waals surface area contributed by atoms with E-state index in [1.807, 2.05) is 21.1 Å². The number of esters is 1. The Balaban J connectivity index is 4.08. The summed E-state index contributed by atoms with van der Waals surface area (Å²) in [5, 5.41) is 0. The van der Waals surface area contributed by atoms with Crippen LogP contribution in [0.3, 0.4) is 0 Å². The first kappa shape index (κ1) is 68.9. The van der Waals surface area contributed by atoms with Gasteiger partial charge < -0.3 is 18.9 Å². The van der Waals surface area contributed by atoms with Crippen LogP contribution >= 0.6 is 7.82 Å². The summed E-state index contributed by atoms with van der Waals surface area (Å²) >= 11 is 0. The van der Waals surface area contributed by atoms with Crippen LogP contribution in [0.4, 0.5) is 0 Å². The fraction of sp³-hybridized carbons (Fsp3) is 0.790. The smallest absolute Gasteiger partial charge is 0.457 e. The third-order valence-electron chi connectivity index (χ3n) is 12.8. The van der Waals surface area contributed by atoms with Crippen LogP contribution in [0.1, 0.15) is 258 Å². The number of phosphoric ester groups is 1. The van der Waals surface area contributed by atoms with Crippen LogP contribution in [-0.4, -0.2) is 75.6 Å². The Morgan fingerprint density at radius 2 is 0.817 bits per heavy atom. The van der Waals surface area contributed by atoms with E-state index < -0.39 is 13.9 Å². The van der Waals surface area contributed by atoms with Gasteiger partial charge in [0.2, 0.25) is 0 Å². The molecule has 9 heteroatoms. The molecule has 0 aliphatic carbocycles. The second kappa shape index (κ2) is 54.2. The zero-order valence-corrected chi connectivity index (χ0v) is 48.1. The van der Waals surface area contributed by atoms with Gasteiger partial charge >= 0.3 is 13.8 Å². The van der Waals surface area contributed by atoms with Crippen LogP contribution in [0.5, 0.6) is 0 Å². The molecule has 0 aromatic carbocycles. The number of carbonyl (C=O) groups is 1. The van der Waals surface area contributed by atoms with E-state index in [-0.39, 0.29) is 25.8 Å². The van der Waals surface area contributed by atoms with Gasteiger partial charge in [-0.3, -0.25) is 13.8 Å². The van der Waals surface area contributed by atoms with Crippen molar-refractivity contribution in [1.29, 1.82) is 0 Å². The Labute approximate surface area is 440 Å². The Hall–Kier alpha value is -2.06. The molecule has 0 saturated heterocycles. The van der Waals surface area contributed by atoms with E-state index in [4.69, 9.17) is 18.5 Å². The third kappa shape index (κ3) is 58.7. The number of phosphoric acid groups is 1. The number of hydrogen-bond donors (Lipinski definition) is 1. The summed E-state index contributed by atoms with van der Waals surface area (Å²) in [6.45, 7) is 5.52. The minimum atomic E-state index is -4.29.